The summed E-state index contributed by atoms with van der Waals surface area (Å²) in [4.78, 5) is 23.4. The Morgan fingerprint density at radius 1 is 1.00 bits per heavy atom. The lowest BCUT2D eigenvalue weighted by atomic mass is 10.2. The summed E-state index contributed by atoms with van der Waals surface area (Å²) < 4.78 is 15.4. The van der Waals surface area contributed by atoms with Crippen LogP contribution in [-0.2, 0) is 14.3 Å². The van der Waals surface area contributed by atoms with E-state index in [2.05, 4.69) is 5.32 Å². The molecule has 0 aromatic heterocycles. The molecule has 0 unspecified atom stereocenters. The van der Waals surface area contributed by atoms with E-state index in [1.807, 2.05) is 18.2 Å². The highest BCUT2D eigenvalue weighted by Crippen LogP contribution is 2.32. The third-order valence-corrected chi connectivity index (χ3v) is 3.70. The smallest absolute Gasteiger partial charge is 0.330 e. The summed E-state index contributed by atoms with van der Waals surface area (Å²) >= 11 is 0. The van der Waals surface area contributed by atoms with Crippen molar-refractivity contribution in [3.8, 4) is 11.5 Å². The zero-order chi connectivity index (χ0) is 19.1. The minimum absolute atomic E-state index is 0.216. The summed E-state index contributed by atoms with van der Waals surface area (Å²) in [5.41, 5.74) is 2.33. The summed E-state index contributed by atoms with van der Waals surface area (Å²) in [6.45, 7) is 2.31. The number of nitrogens with one attached hydrogen (secondary N) is 1. The van der Waals surface area contributed by atoms with Crippen LogP contribution in [0.25, 0.3) is 12.2 Å². The normalized spacial score (nSPS) is 12.5. The maximum absolute atomic E-state index is 12.1. The molecule has 1 aliphatic heterocycles. The van der Waals surface area contributed by atoms with Gasteiger partial charge in [0, 0.05) is 17.8 Å². The van der Waals surface area contributed by atoms with Crippen LogP contribution in [-0.4, -0.2) is 25.3 Å². The molecule has 138 valence electrons. The van der Waals surface area contributed by atoms with Crippen LogP contribution in [0.4, 0.5) is 5.69 Å². The summed E-state index contributed by atoms with van der Waals surface area (Å²) in [5.74, 6) is 0.740. The third-order valence-electron chi connectivity index (χ3n) is 3.70. The monoisotopic (exact) mass is 365 g/mol. The second kappa shape index (κ2) is 8.71. The summed E-state index contributed by atoms with van der Waals surface area (Å²) in [6, 6.07) is 12.6. The molecule has 0 saturated heterocycles. The van der Waals surface area contributed by atoms with Crippen molar-refractivity contribution in [1.82, 2.24) is 0 Å². The number of hydrogen-bond acceptors (Lipinski definition) is 5. The summed E-state index contributed by atoms with van der Waals surface area (Å²) in [6.07, 6.45) is 6.17. The average molecular weight is 365 g/mol. The van der Waals surface area contributed by atoms with Gasteiger partial charge < -0.3 is 19.5 Å². The number of benzene rings is 2. The minimum Gasteiger partial charge on any atom is -0.463 e. The molecule has 2 aromatic rings. The number of hydrogen-bond donors (Lipinski definition) is 1. The molecule has 0 bridgehead atoms. The molecule has 1 heterocycles. The number of carbonyl (C=O) groups excluding carboxylic acids is 2. The van der Waals surface area contributed by atoms with E-state index in [4.69, 9.17) is 14.2 Å². The molecule has 1 N–H and O–H groups in total. The number of anilines is 1. The standard InChI is InChI=1S/C21H19NO5/c1-2-25-21(24)12-7-15-3-8-17(9-4-15)22-20(23)11-6-16-5-10-18-19(13-16)27-14-26-18/h3-13H,2,14H2,1H3,(H,22,23)/b11-6+,12-7+. The Balaban J connectivity index is 1.55. The second-order valence-corrected chi connectivity index (χ2v) is 5.64. The van der Waals surface area contributed by atoms with Crippen LogP contribution in [0.2, 0.25) is 0 Å². The highest BCUT2D eigenvalue weighted by molar-refractivity contribution is 6.02. The van der Waals surface area contributed by atoms with E-state index in [1.165, 1.54) is 12.2 Å². The lowest BCUT2D eigenvalue weighted by Gasteiger charge is -2.03. The van der Waals surface area contributed by atoms with Gasteiger partial charge in [-0.3, -0.25) is 4.79 Å². The van der Waals surface area contributed by atoms with E-state index < -0.39 is 0 Å². The molecule has 1 amide bonds. The van der Waals surface area contributed by atoms with Gasteiger partial charge in [0.15, 0.2) is 11.5 Å². The van der Waals surface area contributed by atoms with Crippen LogP contribution in [0, 0.1) is 0 Å². The van der Waals surface area contributed by atoms with Gasteiger partial charge in [-0.05, 0) is 54.5 Å². The molecular formula is C21H19NO5. The number of amides is 1. The van der Waals surface area contributed by atoms with Gasteiger partial charge in [-0.25, -0.2) is 4.79 Å². The largest absolute Gasteiger partial charge is 0.463 e. The summed E-state index contributed by atoms with van der Waals surface area (Å²) in [5, 5.41) is 2.78. The Bertz CT molecular complexity index is 884. The minimum atomic E-state index is -0.386. The third kappa shape index (κ3) is 5.22. The fourth-order valence-electron chi connectivity index (χ4n) is 2.40. The first kappa shape index (κ1) is 18.3. The first-order valence-corrected chi connectivity index (χ1v) is 8.47. The lowest BCUT2D eigenvalue weighted by Crippen LogP contribution is -2.07. The van der Waals surface area contributed by atoms with E-state index in [9.17, 15) is 9.59 Å². The maximum Gasteiger partial charge on any atom is 0.330 e. The van der Waals surface area contributed by atoms with Crippen LogP contribution in [0.1, 0.15) is 18.1 Å². The van der Waals surface area contributed by atoms with Crippen LogP contribution in [0.5, 0.6) is 11.5 Å². The van der Waals surface area contributed by atoms with Crippen molar-refractivity contribution in [3.63, 3.8) is 0 Å². The molecule has 1 aliphatic rings. The SMILES string of the molecule is CCOC(=O)/C=C/c1ccc(NC(=O)/C=C/c2ccc3c(c2)OCO3)cc1. The predicted molar refractivity (Wildman–Crippen MR) is 102 cm³/mol. The molecule has 2 aromatic carbocycles. The van der Waals surface area contributed by atoms with E-state index >= 15 is 0 Å². The maximum atomic E-state index is 12.1. The molecule has 0 fully saturated rings. The number of ether oxygens (including phenoxy) is 3. The molecular weight excluding hydrogens is 346 g/mol. The van der Waals surface area contributed by atoms with Gasteiger partial charge in [-0.15, -0.1) is 0 Å². The van der Waals surface area contributed by atoms with Crippen LogP contribution in [0.3, 0.4) is 0 Å². The molecule has 0 spiro atoms. The Hall–Kier alpha value is -3.54. The van der Waals surface area contributed by atoms with Crippen molar-refractivity contribution in [2.45, 2.75) is 6.92 Å². The molecule has 0 atom stereocenters. The highest BCUT2D eigenvalue weighted by Gasteiger charge is 2.12. The van der Waals surface area contributed by atoms with Crippen molar-refractivity contribution in [2.24, 2.45) is 0 Å². The first-order chi connectivity index (χ1) is 13.1. The lowest BCUT2D eigenvalue weighted by molar-refractivity contribution is -0.137. The van der Waals surface area contributed by atoms with Crippen molar-refractivity contribution >= 4 is 29.7 Å². The van der Waals surface area contributed by atoms with E-state index in [1.54, 1.807) is 43.3 Å². The van der Waals surface area contributed by atoms with E-state index in [-0.39, 0.29) is 18.7 Å². The second-order valence-electron chi connectivity index (χ2n) is 5.64. The van der Waals surface area contributed by atoms with Gasteiger partial charge in [0.05, 0.1) is 6.61 Å². The molecule has 0 saturated carbocycles. The highest BCUT2D eigenvalue weighted by atomic mass is 16.7. The molecule has 3 rings (SSSR count). The number of esters is 1. The fourth-order valence-corrected chi connectivity index (χ4v) is 2.40. The topological polar surface area (TPSA) is 73.9 Å². The van der Waals surface area contributed by atoms with Crippen molar-refractivity contribution in [1.29, 1.82) is 0 Å². The Morgan fingerprint density at radius 3 is 2.48 bits per heavy atom. The van der Waals surface area contributed by atoms with E-state index in [0.717, 1.165) is 11.1 Å². The van der Waals surface area contributed by atoms with Crippen LogP contribution < -0.4 is 14.8 Å². The van der Waals surface area contributed by atoms with Gasteiger partial charge in [0.1, 0.15) is 0 Å². The van der Waals surface area contributed by atoms with E-state index in [0.29, 0.717) is 23.8 Å². The number of carbonyl (C=O) groups is 2. The summed E-state index contributed by atoms with van der Waals surface area (Å²) in [7, 11) is 0. The van der Waals surface area contributed by atoms with Crippen LogP contribution >= 0.6 is 0 Å². The van der Waals surface area contributed by atoms with Gasteiger partial charge in [0.25, 0.3) is 0 Å². The average Bonchev–Trinajstić information content (AvgIpc) is 3.14. The van der Waals surface area contributed by atoms with Crippen molar-refractivity contribution in [2.75, 3.05) is 18.7 Å². The van der Waals surface area contributed by atoms with Gasteiger partial charge in [-0.1, -0.05) is 18.2 Å². The Labute approximate surface area is 157 Å². The van der Waals surface area contributed by atoms with Crippen LogP contribution in [0.15, 0.2) is 54.6 Å². The fraction of sp³-hybridized carbons (Fsp3) is 0.143. The van der Waals surface area contributed by atoms with Gasteiger partial charge in [-0.2, -0.15) is 0 Å². The molecule has 27 heavy (non-hydrogen) atoms. The number of fused-ring (bicyclic) bond motifs is 1. The molecule has 6 heteroatoms. The zero-order valence-corrected chi connectivity index (χ0v) is 14.8. The molecule has 0 radical (unpaired) electrons. The zero-order valence-electron chi connectivity index (χ0n) is 14.8. The Morgan fingerprint density at radius 2 is 1.70 bits per heavy atom. The Kier molecular flexibility index (Phi) is 5.89. The number of rotatable bonds is 6. The predicted octanol–water partition coefficient (Wildman–Crippen LogP) is 3.64. The van der Waals surface area contributed by atoms with Crippen molar-refractivity contribution < 1.29 is 23.8 Å². The quantitative estimate of drug-likeness (QED) is 0.625. The molecule has 6 nitrogen and oxygen atoms in total. The van der Waals surface area contributed by atoms with Gasteiger partial charge >= 0.3 is 5.97 Å². The molecule has 0 aliphatic carbocycles. The van der Waals surface area contributed by atoms with Crippen molar-refractivity contribution in [3.05, 3.63) is 65.7 Å². The van der Waals surface area contributed by atoms with Gasteiger partial charge in [0.2, 0.25) is 12.7 Å². The first-order valence-electron chi connectivity index (χ1n) is 8.47.